The van der Waals surface area contributed by atoms with E-state index in [1.54, 1.807) is 0 Å². The minimum absolute atomic E-state index is 0.0737. The topological polar surface area (TPSA) is 35.5 Å². The van der Waals surface area contributed by atoms with Crippen LogP contribution < -0.4 is 5.43 Å². The summed E-state index contributed by atoms with van der Waals surface area (Å²) < 4.78 is 11.2. The average molecular weight is 306 g/mol. The molecule has 0 aromatic heterocycles. The van der Waals surface area contributed by atoms with Gasteiger partial charge in [0.05, 0.1) is 0 Å². The zero-order chi connectivity index (χ0) is 16.0. The van der Waals surface area contributed by atoms with Crippen molar-refractivity contribution in [3.8, 4) is 0 Å². The number of hydrogen-bond donors (Lipinski definition) is 0. The molecule has 0 N–H and O–H groups in total. The van der Waals surface area contributed by atoms with Crippen LogP contribution in [-0.4, -0.2) is 12.6 Å². The van der Waals surface area contributed by atoms with Gasteiger partial charge in [-0.05, 0) is 23.3 Å². The van der Waals surface area contributed by atoms with E-state index in [0.717, 1.165) is 27.1 Å². The van der Waals surface area contributed by atoms with Gasteiger partial charge in [0, 0.05) is 16.7 Å². The number of benzene rings is 2. The highest BCUT2D eigenvalue weighted by molar-refractivity contribution is 5.93. The monoisotopic (exact) mass is 306 g/mol. The van der Waals surface area contributed by atoms with E-state index >= 15 is 0 Å². The van der Waals surface area contributed by atoms with Gasteiger partial charge in [-0.15, -0.1) is 0 Å². The van der Waals surface area contributed by atoms with Gasteiger partial charge in [0.1, 0.15) is 0 Å². The second-order valence-electron chi connectivity index (χ2n) is 6.09. The molecule has 23 heavy (non-hydrogen) atoms. The van der Waals surface area contributed by atoms with Crippen LogP contribution in [0.1, 0.15) is 25.3 Å². The Balaban J connectivity index is 1.86. The van der Waals surface area contributed by atoms with Crippen molar-refractivity contribution in [1.29, 1.82) is 0 Å². The Morgan fingerprint density at radius 3 is 2.39 bits per heavy atom. The standard InChI is InChI=1S/C20H18O3/c1-12(20-22-13(2)23-20)15-9-10-18-16(11-15)8-7-14-5-3-4-6-17(14)19(18)21/h3-13,20H,1-2H3. The van der Waals surface area contributed by atoms with Gasteiger partial charge in [-0.25, -0.2) is 0 Å². The summed E-state index contributed by atoms with van der Waals surface area (Å²) >= 11 is 0. The molecule has 1 saturated heterocycles. The van der Waals surface area contributed by atoms with Crippen LogP contribution in [-0.2, 0) is 9.47 Å². The van der Waals surface area contributed by atoms with E-state index in [0.29, 0.717) is 0 Å². The molecule has 0 saturated carbocycles. The Morgan fingerprint density at radius 2 is 1.61 bits per heavy atom. The van der Waals surface area contributed by atoms with Crippen molar-refractivity contribution in [2.24, 2.45) is 0 Å². The second-order valence-corrected chi connectivity index (χ2v) is 6.09. The first kappa shape index (κ1) is 14.4. The maximum Gasteiger partial charge on any atom is 0.194 e. The number of rotatable bonds is 2. The molecule has 116 valence electrons. The van der Waals surface area contributed by atoms with E-state index in [-0.39, 0.29) is 23.9 Å². The van der Waals surface area contributed by atoms with E-state index in [1.807, 2.05) is 55.5 Å². The van der Waals surface area contributed by atoms with Gasteiger partial charge in [-0.2, -0.15) is 0 Å². The smallest absolute Gasteiger partial charge is 0.194 e. The Kier molecular flexibility index (Phi) is 3.40. The Morgan fingerprint density at radius 1 is 0.913 bits per heavy atom. The zero-order valence-corrected chi connectivity index (χ0v) is 13.2. The first-order valence-electron chi connectivity index (χ1n) is 7.90. The first-order chi connectivity index (χ1) is 11.1. The van der Waals surface area contributed by atoms with Crippen LogP contribution in [0.4, 0.5) is 0 Å². The summed E-state index contributed by atoms with van der Waals surface area (Å²) in [7, 11) is 0. The minimum atomic E-state index is -0.203. The van der Waals surface area contributed by atoms with E-state index in [4.69, 9.17) is 9.47 Å². The molecule has 0 aliphatic carbocycles. The molecular formula is C20H18O3. The van der Waals surface area contributed by atoms with E-state index in [2.05, 4.69) is 13.0 Å². The molecule has 1 atom stereocenters. The van der Waals surface area contributed by atoms with Gasteiger partial charge in [-0.3, -0.25) is 4.79 Å². The summed E-state index contributed by atoms with van der Waals surface area (Å²) in [6.45, 7) is 3.97. The van der Waals surface area contributed by atoms with E-state index in [9.17, 15) is 4.79 Å². The lowest BCUT2D eigenvalue weighted by atomic mass is 9.97. The van der Waals surface area contributed by atoms with Crippen molar-refractivity contribution in [3.05, 3.63) is 70.4 Å². The lowest BCUT2D eigenvalue weighted by Gasteiger charge is -2.37. The quantitative estimate of drug-likeness (QED) is 0.712. The molecule has 4 rings (SSSR count). The van der Waals surface area contributed by atoms with Crippen molar-refractivity contribution in [3.63, 3.8) is 0 Å². The van der Waals surface area contributed by atoms with Crippen LogP contribution in [0.15, 0.2) is 59.4 Å². The summed E-state index contributed by atoms with van der Waals surface area (Å²) in [4.78, 5) is 12.8. The molecule has 3 aromatic carbocycles. The normalized spacial score (nSPS) is 22.0. The average Bonchev–Trinajstić information content (AvgIpc) is 2.69. The second kappa shape index (κ2) is 5.44. The van der Waals surface area contributed by atoms with Gasteiger partial charge < -0.3 is 9.47 Å². The molecule has 3 heteroatoms. The third kappa shape index (κ3) is 2.42. The molecule has 1 fully saturated rings. The third-order valence-electron chi connectivity index (χ3n) is 4.55. The summed E-state index contributed by atoms with van der Waals surface area (Å²) in [6.07, 6.45) is -0.329. The first-order valence-corrected chi connectivity index (χ1v) is 7.90. The maximum absolute atomic E-state index is 12.8. The third-order valence-corrected chi connectivity index (χ3v) is 4.55. The van der Waals surface area contributed by atoms with Crippen LogP contribution >= 0.6 is 0 Å². The maximum atomic E-state index is 12.8. The van der Waals surface area contributed by atoms with Crippen molar-refractivity contribution in [2.75, 3.05) is 0 Å². The molecule has 1 aliphatic heterocycles. The highest BCUT2D eigenvalue weighted by Crippen LogP contribution is 2.31. The SMILES string of the molecule is CC1OC(C(C)c2ccc3c(=O)c4ccccc4ccc3c2)O1. The summed E-state index contributed by atoms with van der Waals surface area (Å²) in [5, 5.41) is 3.40. The largest absolute Gasteiger partial charge is 0.323 e. The predicted molar refractivity (Wildman–Crippen MR) is 91.6 cm³/mol. The van der Waals surface area contributed by atoms with Crippen molar-refractivity contribution >= 4 is 21.5 Å². The summed E-state index contributed by atoms with van der Waals surface area (Å²) in [5.41, 5.74) is 1.19. The molecule has 0 bridgehead atoms. The van der Waals surface area contributed by atoms with Gasteiger partial charge in [0.15, 0.2) is 18.0 Å². The van der Waals surface area contributed by atoms with Crippen LogP contribution in [0.25, 0.3) is 21.5 Å². The van der Waals surface area contributed by atoms with Crippen LogP contribution in [0, 0.1) is 0 Å². The predicted octanol–water partition coefficient (Wildman–Crippen LogP) is 4.18. The molecule has 1 heterocycles. The highest BCUT2D eigenvalue weighted by Gasteiger charge is 2.32. The molecule has 3 aromatic rings. The van der Waals surface area contributed by atoms with Gasteiger partial charge >= 0.3 is 0 Å². The minimum Gasteiger partial charge on any atom is -0.323 e. The molecule has 0 amide bonds. The van der Waals surface area contributed by atoms with Crippen LogP contribution in [0.3, 0.4) is 0 Å². The van der Waals surface area contributed by atoms with Crippen molar-refractivity contribution < 1.29 is 9.47 Å². The Bertz CT molecular complexity index is 942. The Hall–Kier alpha value is -2.23. The van der Waals surface area contributed by atoms with Crippen LogP contribution in [0.5, 0.6) is 0 Å². The van der Waals surface area contributed by atoms with E-state index < -0.39 is 0 Å². The molecule has 0 spiro atoms. The Labute approximate surface area is 134 Å². The fourth-order valence-electron chi connectivity index (χ4n) is 3.16. The molecular weight excluding hydrogens is 288 g/mol. The lowest BCUT2D eigenvalue weighted by molar-refractivity contribution is -0.381. The summed E-state index contributed by atoms with van der Waals surface area (Å²) in [5.74, 6) is 0.130. The van der Waals surface area contributed by atoms with Crippen LogP contribution in [0.2, 0.25) is 0 Å². The van der Waals surface area contributed by atoms with Gasteiger partial charge in [0.2, 0.25) is 0 Å². The number of fused-ring (bicyclic) bond motifs is 2. The molecule has 0 radical (unpaired) electrons. The highest BCUT2D eigenvalue weighted by atomic mass is 16.9. The van der Waals surface area contributed by atoms with Gasteiger partial charge in [-0.1, -0.05) is 61.5 Å². The lowest BCUT2D eigenvalue weighted by Crippen LogP contribution is -2.42. The van der Waals surface area contributed by atoms with E-state index in [1.165, 1.54) is 0 Å². The molecule has 3 nitrogen and oxygen atoms in total. The van der Waals surface area contributed by atoms with Gasteiger partial charge in [0.25, 0.3) is 0 Å². The fraction of sp³-hybridized carbons (Fsp3) is 0.250. The van der Waals surface area contributed by atoms with Crippen molar-refractivity contribution in [2.45, 2.75) is 32.3 Å². The summed E-state index contributed by atoms with van der Waals surface area (Å²) in [6, 6.07) is 17.7. The molecule has 1 aliphatic rings. The number of hydrogen-bond acceptors (Lipinski definition) is 3. The van der Waals surface area contributed by atoms with Crippen molar-refractivity contribution in [1.82, 2.24) is 0 Å². The molecule has 1 unspecified atom stereocenters. The zero-order valence-electron chi connectivity index (χ0n) is 13.2. The number of ether oxygens (including phenoxy) is 2. The fourth-order valence-corrected chi connectivity index (χ4v) is 3.16.